The van der Waals surface area contributed by atoms with Gasteiger partial charge in [0.1, 0.15) is 10.0 Å². The van der Waals surface area contributed by atoms with E-state index >= 15 is 0 Å². The van der Waals surface area contributed by atoms with Crippen molar-refractivity contribution in [1.82, 2.24) is 9.97 Å². The van der Waals surface area contributed by atoms with E-state index in [1.54, 1.807) is 18.3 Å². The third-order valence-corrected chi connectivity index (χ3v) is 4.08. The zero-order valence-electron chi connectivity index (χ0n) is 11.1. The summed E-state index contributed by atoms with van der Waals surface area (Å²) in [6, 6.07) is 5.41. The number of ether oxygens (including phenoxy) is 1. The van der Waals surface area contributed by atoms with E-state index in [0.717, 1.165) is 17.5 Å². The van der Waals surface area contributed by atoms with Crippen molar-refractivity contribution in [3.8, 4) is 5.88 Å². The first-order valence-electron chi connectivity index (χ1n) is 5.97. The van der Waals surface area contributed by atoms with Crippen molar-refractivity contribution in [3.63, 3.8) is 0 Å². The number of pyridine rings is 2. The van der Waals surface area contributed by atoms with Crippen LogP contribution in [0.25, 0.3) is 0 Å². The zero-order valence-corrected chi connectivity index (χ0v) is 13.4. The molecule has 9 heteroatoms. The summed E-state index contributed by atoms with van der Waals surface area (Å²) in [6.07, 6.45) is 1.64. The van der Waals surface area contributed by atoms with Crippen LogP contribution in [0.3, 0.4) is 0 Å². The fraction of sp³-hybridized carbons (Fsp3) is 0.154. The van der Waals surface area contributed by atoms with Crippen LogP contribution in [0.15, 0.2) is 24.4 Å². The van der Waals surface area contributed by atoms with Crippen LogP contribution in [-0.4, -0.2) is 21.7 Å². The molecule has 0 saturated heterocycles. The number of hydrogen-bond donors (Lipinski definition) is 1. The van der Waals surface area contributed by atoms with E-state index in [1.807, 2.05) is 6.07 Å². The van der Waals surface area contributed by atoms with Gasteiger partial charge in [-0.2, -0.15) is 9.37 Å². The maximum atomic E-state index is 13.4. The highest BCUT2D eigenvalue weighted by Crippen LogP contribution is 2.35. The highest BCUT2D eigenvalue weighted by Gasteiger charge is 2.17. The van der Waals surface area contributed by atoms with E-state index < -0.39 is 5.95 Å². The van der Waals surface area contributed by atoms with E-state index in [0.29, 0.717) is 5.75 Å². The monoisotopic (exact) mass is 361 g/mol. The topological polar surface area (TPSA) is 78.1 Å². The Morgan fingerprint density at radius 1 is 1.36 bits per heavy atom. The van der Waals surface area contributed by atoms with Gasteiger partial charge in [0.25, 0.3) is 0 Å². The molecule has 2 N–H and O–H groups in total. The average molecular weight is 362 g/mol. The number of nitrogens with zero attached hydrogens (tertiary/aromatic N) is 2. The second kappa shape index (κ2) is 7.62. The molecule has 0 bridgehead atoms. The maximum Gasteiger partial charge on any atom is 0.238 e. The SMILES string of the molecule is Nc1c(Cl)c(F)nc(OCC(=O)SCc2ccccn2)c1Cl. The molecule has 2 heterocycles. The summed E-state index contributed by atoms with van der Waals surface area (Å²) in [4.78, 5) is 19.2. The molecule has 0 aliphatic rings. The Labute approximate surface area is 140 Å². The third-order valence-electron chi connectivity index (χ3n) is 2.48. The second-order valence-corrected chi connectivity index (χ2v) is 5.81. The normalized spacial score (nSPS) is 10.5. The van der Waals surface area contributed by atoms with Crippen LogP contribution in [0.4, 0.5) is 10.1 Å². The van der Waals surface area contributed by atoms with E-state index in [1.165, 1.54) is 0 Å². The van der Waals surface area contributed by atoms with Crippen LogP contribution in [0, 0.1) is 5.95 Å². The summed E-state index contributed by atoms with van der Waals surface area (Å²) in [7, 11) is 0. The van der Waals surface area contributed by atoms with E-state index in [2.05, 4.69) is 9.97 Å². The van der Waals surface area contributed by atoms with Gasteiger partial charge in [0.05, 0.1) is 11.4 Å². The quantitative estimate of drug-likeness (QED) is 0.822. The predicted molar refractivity (Wildman–Crippen MR) is 84.7 cm³/mol. The fourth-order valence-electron chi connectivity index (χ4n) is 1.41. The summed E-state index contributed by atoms with van der Waals surface area (Å²) in [5.74, 6) is -0.874. The maximum absolute atomic E-state index is 13.4. The first kappa shape index (κ1) is 16.8. The van der Waals surface area contributed by atoms with Gasteiger partial charge in [0.15, 0.2) is 6.61 Å². The van der Waals surface area contributed by atoms with Crippen molar-refractivity contribution < 1.29 is 13.9 Å². The molecule has 0 fully saturated rings. The highest BCUT2D eigenvalue weighted by atomic mass is 35.5. The van der Waals surface area contributed by atoms with Gasteiger partial charge in [-0.25, -0.2) is 0 Å². The van der Waals surface area contributed by atoms with Crippen molar-refractivity contribution in [1.29, 1.82) is 0 Å². The first-order valence-corrected chi connectivity index (χ1v) is 7.71. The Balaban J connectivity index is 1.92. The number of aromatic nitrogens is 2. The molecular weight excluding hydrogens is 352 g/mol. The number of rotatable bonds is 5. The minimum Gasteiger partial charge on any atom is -0.467 e. The lowest BCUT2D eigenvalue weighted by Gasteiger charge is -2.09. The lowest BCUT2D eigenvalue weighted by atomic mass is 10.4. The Kier molecular flexibility index (Phi) is 5.82. The van der Waals surface area contributed by atoms with Crippen LogP contribution in [0.1, 0.15) is 5.69 Å². The summed E-state index contributed by atoms with van der Waals surface area (Å²) in [5, 5.41) is -0.792. The Morgan fingerprint density at radius 2 is 2.14 bits per heavy atom. The molecule has 0 aromatic carbocycles. The largest absolute Gasteiger partial charge is 0.467 e. The van der Waals surface area contributed by atoms with E-state index in [-0.39, 0.29) is 33.3 Å². The molecule has 0 unspecified atom stereocenters. The average Bonchev–Trinajstić information content (AvgIpc) is 2.54. The Hall–Kier alpha value is -1.57. The highest BCUT2D eigenvalue weighted by molar-refractivity contribution is 8.13. The van der Waals surface area contributed by atoms with Crippen molar-refractivity contribution in [2.45, 2.75) is 5.75 Å². The number of anilines is 1. The summed E-state index contributed by atoms with van der Waals surface area (Å²) < 4.78 is 18.4. The first-order chi connectivity index (χ1) is 10.5. The molecule has 116 valence electrons. The van der Waals surface area contributed by atoms with Crippen LogP contribution >= 0.6 is 35.0 Å². The van der Waals surface area contributed by atoms with Gasteiger partial charge in [0, 0.05) is 11.9 Å². The molecule has 5 nitrogen and oxygen atoms in total. The standard InChI is InChI=1S/C13H10Cl2FN3O2S/c14-9-11(17)10(15)13(19-12(9)16)21-5-8(20)22-6-7-3-1-2-4-18-7/h1-4H,5-6H2,(H2,17,19). The van der Waals surface area contributed by atoms with Gasteiger partial charge in [0.2, 0.25) is 16.9 Å². The molecule has 0 spiro atoms. The van der Waals surface area contributed by atoms with Crippen molar-refractivity contribution in [3.05, 3.63) is 46.1 Å². The van der Waals surface area contributed by atoms with Crippen LogP contribution < -0.4 is 10.5 Å². The van der Waals surface area contributed by atoms with Crippen LogP contribution in [-0.2, 0) is 10.5 Å². The van der Waals surface area contributed by atoms with Gasteiger partial charge in [-0.3, -0.25) is 9.78 Å². The van der Waals surface area contributed by atoms with Gasteiger partial charge in [-0.1, -0.05) is 41.0 Å². The van der Waals surface area contributed by atoms with E-state index in [4.69, 9.17) is 33.7 Å². The second-order valence-electron chi connectivity index (χ2n) is 4.02. The lowest BCUT2D eigenvalue weighted by Crippen LogP contribution is -2.10. The molecule has 2 aromatic heterocycles. The Morgan fingerprint density at radius 3 is 2.82 bits per heavy atom. The fourth-order valence-corrected chi connectivity index (χ4v) is 2.41. The summed E-state index contributed by atoms with van der Waals surface area (Å²) >= 11 is 12.4. The predicted octanol–water partition coefficient (Wildman–Crippen LogP) is 3.34. The molecule has 0 atom stereocenters. The van der Waals surface area contributed by atoms with Gasteiger partial charge < -0.3 is 10.5 Å². The summed E-state index contributed by atoms with van der Waals surface area (Å²) in [6.45, 7) is -0.329. The molecule has 22 heavy (non-hydrogen) atoms. The number of hydrogen-bond acceptors (Lipinski definition) is 6. The minimum atomic E-state index is -1.01. The third kappa shape index (κ3) is 4.22. The number of halogens is 3. The lowest BCUT2D eigenvalue weighted by molar-refractivity contribution is -0.112. The molecule has 0 saturated carbocycles. The van der Waals surface area contributed by atoms with Crippen molar-refractivity contribution in [2.24, 2.45) is 0 Å². The van der Waals surface area contributed by atoms with Crippen LogP contribution in [0.2, 0.25) is 10.0 Å². The summed E-state index contributed by atoms with van der Waals surface area (Å²) in [5.41, 5.74) is 6.08. The molecule has 0 aliphatic heterocycles. The van der Waals surface area contributed by atoms with Crippen LogP contribution in [0.5, 0.6) is 5.88 Å². The van der Waals surface area contributed by atoms with Gasteiger partial charge >= 0.3 is 0 Å². The molecule has 2 rings (SSSR count). The van der Waals surface area contributed by atoms with Crippen molar-refractivity contribution >= 4 is 45.8 Å². The molecule has 0 aliphatic carbocycles. The smallest absolute Gasteiger partial charge is 0.238 e. The zero-order chi connectivity index (χ0) is 16.1. The number of carbonyl (C=O) groups is 1. The molecule has 0 amide bonds. The van der Waals surface area contributed by atoms with Gasteiger partial charge in [-0.15, -0.1) is 0 Å². The van der Waals surface area contributed by atoms with E-state index in [9.17, 15) is 9.18 Å². The Bertz CT molecular complexity index is 689. The van der Waals surface area contributed by atoms with Gasteiger partial charge in [-0.05, 0) is 12.1 Å². The van der Waals surface area contributed by atoms with Crippen molar-refractivity contribution in [2.75, 3.05) is 12.3 Å². The minimum absolute atomic E-state index is 0.131. The number of nitrogen functional groups attached to an aromatic ring is 1. The number of carbonyl (C=O) groups excluding carboxylic acids is 1. The number of thioether (sulfide) groups is 1. The molecule has 0 radical (unpaired) electrons. The number of nitrogens with two attached hydrogens (primary N) is 1. The molecule has 2 aromatic rings. The molecular formula is C13H10Cl2FN3O2S.